The SMILES string of the molecule is CCCC(C)C1(C)OCc2cc(CC[Si](Cl)(Cl)Cl)ccc2O1. The van der Waals surface area contributed by atoms with Crippen LogP contribution < -0.4 is 4.74 Å². The van der Waals surface area contributed by atoms with E-state index in [1.54, 1.807) is 0 Å². The summed E-state index contributed by atoms with van der Waals surface area (Å²) in [4.78, 5) is 0. The molecule has 0 amide bonds. The fourth-order valence-electron chi connectivity index (χ4n) is 2.69. The Morgan fingerprint density at radius 2 is 2.05 bits per heavy atom. The number of benzene rings is 1. The van der Waals surface area contributed by atoms with Crippen molar-refractivity contribution in [1.29, 1.82) is 0 Å². The maximum absolute atomic E-state index is 6.14. The fraction of sp³-hybridized carbons (Fsp3) is 0.625. The van der Waals surface area contributed by atoms with Crippen LogP contribution >= 0.6 is 33.2 Å². The highest BCUT2D eigenvalue weighted by Crippen LogP contribution is 2.37. The van der Waals surface area contributed by atoms with Crippen LogP contribution in [0.1, 0.15) is 44.7 Å². The van der Waals surface area contributed by atoms with Gasteiger partial charge in [0, 0.05) is 18.4 Å². The lowest BCUT2D eigenvalue weighted by atomic mass is 9.95. The monoisotopic (exact) mass is 380 g/mol. The number of aryl methyl sites for hydroxylation is 1. The van der Waals surface area contributed by atoms with Gasteiger partial charge in [0.15, 0.2) is 0 Å². The summed E-state index contributed by atoms with van der Waals surface area (Å²) >= 11 is 17.8. The van der Waals surface area contributed by atoms with Gasteiger partial charge in [0.2, 0.25) is 5.79 Å². The van der Waals surface area contributed by atoms with E-state index in [1.165, 1.54) is 0 Å². The van der Waals surface area contributed by atoms with Crippen LogP contribution in [0, 0.1) is 5.92 Å². The molecule has 0 radical (unpaired) electrons. The summed E-state index contributed by atoms with van der Waals surface area (Å²) in [6.07, 6.45) is 2.98. The lowest BCUT2D eigenvalue weighted by molar-refractivity contribution is -0.223. The molecule has 2 rings (SSSR count). The second-order valence-corrected chi connectivity index (χ2v) is 15.4. The second-order valence-electron chi connectivity index (χ2n) is 6.15. The molecular formula is C16H23Cl3O2Si. The van der Waals surface area contributed by atoms with Gasteiger partial charge in [0.05, 0.1) is 6.61 Å². The van der Waals surface area contributed by atoms with E-state index >= 15 is 0 Å². The third-order valence-electron chi connectivity index (χ3n) is 4.27. The summed E-state index contributed by atoms with van der Waals surface area (Å²) in [7, 11) is 0. The predicted molar refractivity (Wildman–Crippen MR) is 96.2 cm³/mol. The van der Waals surface area contributed by atoms with E-state index < -0.39 is 11.8 Å². The highest BCUT2D eigenvalue weighted by Gasteiger charge is 2.37. The molecule has 2 nitrogen and oxygen atoms in total. The average molecular weight is 382 g/mol. The van der Waals surface area contributed by atoms with Gasteiger partial charge >= 0.3 is 6.00 Å². The minimum Gasteiger partial charge on any atom is -0.462 e. The normalized spacial score (nSPS) is 22.8. The Kier molecular flexibility index (Phi) is 6.12. The molecule has 0 aromatic heterocycles. The Bertz CT molecular complexity index is 519. The first-order valence-corrected chi connectivity index (χ1v) is 13.0. The lowest BCUT2D eigenvalue weighted by Crippen LogP contribution is -2.44. The summed E-state index contributed by atoms with van der Waals surface area (Å²) in [5, 5.41) is 0. The number of hydrogen-bond acceptors (Lipinski definition) is 2. The number of rotatable bonds is 6. The fourth-order valence-corrected chi connectivity index (χ4v) is 4.12. The van der Waals surface area contributed by atoms with Gasteiger partial charge in [-0.1, -0.05) is 26.3 Å². The Balaban J connectivity index is 2.08. The zero-order valence-electron chi connectivity index (χ0n) is 13.3. The molecule has 0 saturated heterocycles. The largest absolute Gasteiger partial charge is 0.462 e. The van der Waals surface area contributed by atoms with Crippen molar-refractivity contribution in [2.45, 2.75) is 58.5 Å². The molecule has 0 bridgehead atoms. The quantitative estimate of drug-likeness (QED) is 0.448. The second kappa shape index (κ2) is 7.31. The smallest absolute Gasteiger partial charge is 0.341 e. The van der Waals surface area contributed by atoms with Crippen LogP contribution in [0.2, 0.25) is 6.04 Å². The van der Waals surface area contributed by atoms with E-state index in [1.807, 2.05) is 13.0 Å². The third-order valence-corrected chi connectivity index (χ3v) is 6.78. The van der Waals surface area contributed by atoms with Crippen molar-refractivity contribution in [2.24, 2.45) is 5.92 Å². The van der Waals surface area contributed by atoms with E-state index in [0.717, 1.165) is 36.1 Å². The lowest BCUT2D eigenvalue weighted by Gasteiger charge is -2.40. The zero-order chi connectivity index (χ0) is 16.4. The Hall–Kier alpha value is 0.0669. The van der Waals surface area contributed by atoms with Crippen LogP contribution in [-0.2, 0) is 17.8 Å². The van der Waals surface area contributed by atoms with Gasteiger partial charge in [0.25, 0.3) is 0 Å². The molecule has 1 heterocycles. The maximum atomic E-state index is 6.14. The van der Waals surface area contributed by atoms with E-state index in [-0.39, 0.29) is 0 Å². The van der Waals surface area contributed by atoms with Crippen molar-refractivity contribution < 1.29 is 9.47 Å². The van der Waals surface area contributed by atoms with Crippen LogP contribution in [0.5, 0.6) is 5.75 Å². The molecule has 22 heavy (non-hydrogen) atoms. The molecular weight excluding hydrogens is 359 g/mol. The first-order valence-electron chi connectivity index (χ1n) is 7.75. The van der Waals surface area contributed by atoms with Crippen LogP contribution in [0.3, 0.4) is 0 Å². The van der Waals surface area contributed by atoms with Crippen molar-refractivity contribution in [3.05, 3.63) is 29.3 Å². The van der Waals surface area contributed by atoms with Crippen LogP contribution in [-0.4, -0.2) is 11.8 Å². The molecule has 0 aliphatic carbocycles. The van der Waals surface area contributed by atoms with Crippen molar-refractivity contribution in [3.63, 3.8) is 0 Å². The minimum absolute atomic E-state index is 0.348. The highest BCUT2D eigenvalue weighted by atomic mass is 35.8. The number of hydrogen-bond donors (Lipinski definition) is 0. The third kappa shape index (κ3) is 4.78. The van der Waals surface area contributed by atoms with Gasteiger partial charge in [-0.3, -0.25) is 0 Å². The van der Waals surface area contributed by atoms with E-state index in [2.05, 4.69) is 26.0 Å². The Morgan fingerprint density at radius 3 is 2.68 bits per heavy atom. The van der Waals surface area contributed by atoms with Gasteiger partial charge in [0.1, 0.15) is 5.75 Å². The summed E-state index contributed by atoms with van der Waals surface area (Å²) < 4.78 is 12.2. The van der Waals surface area contributed by atoms with Crippen molar-refractivity contribution in [2.75, 3.05) is 0 Å². The molecule has 1 aromatic rings. The first kappa shape index (κ1) is 18.4. The molecule has 6 heteroatoms. The minimum atomic E-state index is -2.57. The van der Waals surface area contributed by atoms with E-state index in [4.69, 9.17) is 42.7 Å². The van der Waals surface area contributed by atoms with Crippen LogP contribution in [0.25, 0.3) is 0 Å². The predicted octanol–water partition coefficient (Wildman–Crippen LogP) is 5.95. The van der Waals surface area contributed by atoms with Gasteiger partial charge in [-0.15, -0.1) is 33.2 Å². The summed E-state index contributed by atoms with van der Waals surface area (Å²) in [5.74, 6) is 0.710. The Morgan fingerprint density at radius 1 is 1.32 bits per heavy atom. The zero-order valence-corrected chi connectivity index (χ0v) is 16.6. The van der Waals surface area contributed by atoms with E-state index in [0.29, 0.717) is 18.6 Å². The van der Waals surface area contributed by atoms with Crippen molar-refractivity contribution >= 4 is 39.2 Å². The molecule has 124 valence electrons. The molecule has 1 aliphatic heterocycles. The molecule has 0 fully saturated rings. The molecule has 2 atom stereocenters. The number of fused-ring (bicyclic) bond motifs is 1. The van der Waals surface area contributed by atoms with Crippen molar-refractivity contribution in [3.8, 4) is 5.75 Å². The topological polar surface area (TPSA) is 18.5 Å². The molecule has 0 spiro atoms. The summed E-state index contributed by atoms with van der Waals surface area (Å²) in [6.45, 7) is 6.95. The van der Waals surface area contributed by atoms with Crippen LogP contribution in [0.4, 0.5) is 0 Å². The molecule has 0 N–H and O–H groups in total. The summed E-state index contributed by atoms with van der Waals surface area (Å²) in [6, 6.07) is 4.23. The van der Waals surface area contributed by atoms with Gasteiger partial charge in [-0.05, 0) is 36.6 Å². The summed E-state index contributed by atoms with van der Waals surface area (Å²) in [5.41, 5.74) is 2.24. The molecule has 1 aliphatic rings. The van der Waals surface area contributed by atoms with Gasteiger partial charge in [-0.2, -0.15) is 0 Å². The van der Waals surface area contributed by atoms with E-state index in [9.17, 15) is 0 Å². The van der Waals surface area contributed by atoms with Gasteiger partial charge < -0.3 is 9.47 Å². The highest BCUT2D eigenvalue weighted by molar-refractivity contribution is 7.64. The van der Waals surface area contributed by atoms with Gasteiger partial charge in [-0.25, -0.2) is 0 Å². The number of ether oxygens (including phenoxy) is 2. The molecule has 2 unspecified atom stereocenters. The molecule has 1 aromatic carbocycles. The first-order chi connectivity index (χ1) is 10.2. The standard InChI is InChI=1S/C16H23Cl3O2Si/c1-4-5-12(2)16(3)20-11-14-10-13(6-7-15(14)21-16)8-9-22(17,18)19/h6-7,10,12H,4-5,8-9,11H2,1-3H3. The maximum Gasteiger partial charge on any atom is 0.341 e. The Labute approximate surface area is 148 Å². The number of halogens is 3. The van der Waals surface area contributed by atoms with Crippen molar-refractivity contribution in [1.82, 2.24) is 0 Å². The average Bonchev–Trinajstić information content (AvgIpc) is 2.44. The van der Waals surface area contributed by atoms with Crippen LogP contribution in [0.15, 0.2) is 18.2 Å². The molecule has 0 saturated carbocycles.